The summed E-state index contributed by atoms with van der Waals surface area (Å²) in [5.74, 6) is -0.643. The Labute approximate surface area is 189 Å². The normalized spacial score (nSPS) is 14.9. The van der Waals surface area contributed by atoms with E-state index in [1.54, 1.807) is 42.7 Å². The molecule has 0 saturated carbocycles. The number of amides is 3. The molecule has 0 spiro atoms. The van der Waals surface area contributed by atoms with Gasteiger partial charge in [0.1, 0.15) is 0 Å². The van der Waals surface area contributed by atoms with Crippen LogP contribution in [0.5, 0.6) is 0 Å². The van der Waals surface area contributed by atoms with E-state index in [1.165, 1.54) is 0 Å². The summed E-state index contributed by atoms with van der Waals surface area (Å²) in [6.07, 6.45) is 4.90. The molecule has 162 valence electrons. The third-order valence-corrected chi connectivity index (χ3v) is 5.77. The quantitative estimate of drug-likeness (QED) is 0.582. The van der Waals surface area contributed by atoms with Gasteiger partial charge in [-0.3, -0.25) is 24.3 Å². The Morgan fingerprint density at radius 3 is 2.59 bits per heavy atom. The van der Waals surface area contributed by atoms with Gasteiger partial charge in [-0.1, -0.05) is 6.07 Å². The van der Waals surface area contributed by atoms with Crippen molar-refractivity contribution in [3.63, 3.8) is 0 Å². The third kappa shape index (κ3) is 4.62. The highest BCUT2D eigenvalue weighted by Crippen LogP contribution is 2.31. The minimum Gasteiger partial charge on any atom is -0.350 e. The number of aryl methyl sites for hydroxylation is 2. The molecule has 1 aliphatic heterocycles. The van der Waals surface area contributed by atoms with Crippen LogP contribution in [0.2, 0.25) is 0 Å². The zero-order valence-electron chi connectivity index (χ0n) is 17.6. The first-order valence-electron chi connectivity index (χ1n) is 9.99. The number of hydrogen-bond donors (Lipinski definition) is 1. The molecule has 1 aliphatic rings. The van der Waals surface area contributed by atoms with Crippen molar-refractivity contribution in [1.82, 2.24) is 25.0 Å². The van der Waals surface area contributed by atoms with Gasteiger partial charge in [-0.15, -0.1) is 0 Å². The van der Waals surface area contributed by atoms with Crippen LogP contribution in [0.25, 0.3) is 11.8 Å². The lowest BCUT2D eigenvalue weighted by atomic mass is 10.2. The summed E-state index contributed by atoms with van der Waals surface area (Å²) in [6, 6.07) is 12.6. The van der Waals surface area contributed by atoms with Gasteiger partial charge in [-0.25, -0.2) is 4.68 Å². The summed E-state index contributed by atoms with van der Waals surface area (Å²) in [5, 5.41) is 6.84. The van der Waals surface area contributed by atoms with Crippen LogP contribution in [0, 0.1) is 13.8 Å². The van der Waals surface area contributed by atoms with Gasteiger partial charge in [-0.2, -0.15) is 5.10 Å². The standard InChI is InChI=1S/C23H21N5O3S/c1-15-12-16(2)28(26-15)19-7-5-18(6-8-19)21(29)25-10-11-27-22(30)20(32-23(27)31)13-17-4-3-9-24-14-17/h3-9,12-14H,10-11H2,1-2H3,(H,25,29)/b20-13-. The summed E-state index contributed by atoms with van der Waals surface area (Å²) in [5.41, 5.74) is 4.03. The van der Waals surface area contributed by atoms with Gasteiger partial charge >= 0.3 is 0 Å². The highest BCUT2D eigenvalue weighted by molar-refractivity contribution is 8.18. The summed E-state index contributed by atoms with van der Waals surface area (Å²) >= 11 is 0.884. The minimum atomic E-state index is -0.368. The van der Waals surface area contributed by atoms with E-state index >= 15 is 0 Å². The van der Waals surface area contributed by atoms with E-state index < -0.39 is 0 Å². The molecule has 0 radical (unpaired) electrons. The number of nitrogens with one attached hydrogen (secondary N) is 1. The fourth-order valence-electron chi connectivity index (χ4n) is 3.33. The number of aromatic nitrogens is 3. The van der Waals surface area contributed by atoms with E-state index in [2.05, 4.69) is 15.4 Å². The van der Waals surface area contributed by atoms with E-state index in [-0.39, 0.29) is 30.1 Å². The Morgan fingerprint density at radius 2 is 1.94 bits per heavy atom. The lowest BCUT2D eigenvalue weighted by molar-refractivity contribution is -0.122. The predicted molar refractivity (Wildman–Crippen MR) is 122 cm³/mol. The molecule has 8 nitrogen and oxygen atoms in total. The maximum absolute atomic E-state index is 12.5. The molecule has 1 fully saturated rings. The van der Waals surface area contributed by atoms with Crippen molar-refractivity contribution in [3.05, 3.63) is 82.3 Å². The van der Waals surface area contributed by atoms with Crippen molar-refractivity contribution in [3.8, 4) is 5.69 Å². The maximum atomic E-state index is 12.5. The molecule has 9 heteroatoms. The average Bonchev–Trinajstić information content (AvgIpc) is 3.26. The first-order valence-corrected chi connectivity index (χ1v) is 10.8. The van der Waals surface area contributed by atoms with E-state index in [0.29, 0.717) is 10.5 Å². The zero-order valence-corrected chi connectivity index (χ0v) is 18.4. The Kier molecular flexibility index (Phi) is 6.18. The monoisotopic (exact) mass is 447 g/mol. The van der Waals surface area contributed by atoms with Crippen LogP contribution in [-0.2, 0) is 4.79 Å². The largest absolute Gasteiger partial charge is 0.350 e. The number of nitrogens with zero attached hydrogens (tertiary/aromatic N) is 4. The molecule has 1 aromatic carbocycles. The Morgan fingerprint density at radius 1 is 1.16 bits per heavy atom. The number of imide groups is 1. The first kappa shape index (κ1) is 21.5. The van der Waals surface area contributed by atoms with Gasteiger partial charge < -0.3 is 5.32 Å². The molecule has 1 saturated heterocycles. The molecule has 3 aromatic rings. The molecular weight excluding hydrogens is 426 g/mol. The molecule has 3 amide bonds. The fourth-order valence-corrected chi connectivity index (χ4v) is 4.20. The summed E-state index contributed by atoms with van der Waals surface area (Å²) in [4.78, 5) is 42.7. The third-order valence-electron chi connectivity index (χ3n) is 4.86. The summed E-state index contributed by atoms with van der Waals surface area (Å²) in [6.45, 7) is 4.16. The second kappa shape index (κ2) is 9.19. The molecular formula is C23H21N5O3S. The molecule has 0 atom stereocenters. The molecule has 1 N–H and O–H groups in total. The van der Waals surface area contributed by atoms with Crippen LogP contribution in [0.3, 0.4) is 0 Å². The van der Waals surface area contributed by atoms with E-state index in [0.717, 1.165) is 39.3 Å². The topological polar surface area (TPSA) is 97.2 Å². The van der Waals surface area contributed by atoms with Gasteiger partial charge in [0.05, 0.1) is 16.3 Å². The van der Waals surface area contributed by atoms with Crippen LogP contribution in [0.15, 0.2) is 59.8 Å². The number of carbonyl (C=O) groups is 3. The van der Waals surface area contributed by atoms with Gasteiger partial charge in [0.15, 0.2) is 0 Å². The predicted octanol–water partition coefficient (Wildman–Crippen LogP) is 3.35. The van der Waals surface area contributed by atoms with Crippen LogP contribution in [0.1, 0.15) is 27.3 Å². The molecule has 3 heterocycles. The van der Waals surface area contributed by atoms with Crippen molar-refractivity contribution in [2.75, 3.05) is 13.1 Å². The van der Waals surface area contributed by atoms with Crippen LogP contribution in [0.4, 0.5) is 4.79 Å². The highest BCUT2D eigenvalue weighted by Gasteiger charge is 2.34. The molecule has 2 aromatic heterocycles. The van der Waals surface area contributed by atoms with Crippen molar-refractivity contribution in [1.29, 1.82) is 0 Å². The lowest BCUT2D eigenvalue weighted by Gasteiger charge is -2.13. The second-order valence-corrected chi connectivity index (χ2v) is 8.25. The number of carbonyl (C=O) groups excluding carboxylic acids is 3. The molecule has 0 unspecified atom stereocenters. The highest BCUT2D eigenvalue weighted by atomic mass is 32.2. The fraction of sp³-hybridized carbons (Fsp3) is 0.174. The average molecular weight is 448 g/mol. The lowest BCUT2D eigenvalue weighted by Crippen LogP contribution is -2.37. The van der Waals surface area contributed by atoms with Crippen molar-refractivity contribution in [2.24, 2.45) is 0 Å². The van der Waals surface area contributed by atoms with Gasteiger partial charge in [0.25, 0.3) is 17.1 Å². The number of benzene rings is 1. The molecule has 0 aliphatic carbocycles. The number of rotatable bonds is 6. The number of pyridine rings is 1. The number of thioether (sulfide) groups is 1. The summed E-state index contributed by atoms with van der Waals surface area (Å²) in [7, 11) is 0. The van der Waals surface area contributed by atoms with E-state index in [4.69, 9.17) is 0 Å². The smallest absolute Gasteiger partial charge is 0.293 e. The molecule has 0 bridgehead atoms. The van der Waals surface area contributed by atoms with Crippen LogP contribution >= 0.6 is 11.8 Å². The van der Waals surface area contributed by atoms with Gasteiger partial charge in [0.2, 0.25) is 0 Å². The Balaban J connectivity index is 1.33. The zero-order chi connectivity index (χ0) is 22.7. The Bertz CT molecular complexity index is 1200. The van der Waals surface area contributed by atoms with Crippen molar-refractivity contribution < 1.29 is 14.4 Å². The SMILES string of the molecule is Cc1cc(C)n(-c2ccc(C(=O)NCCN3C(=O)S/C(=C\c4cccnc4)C3=O)cc2)n1. The van der Waals surface area contributed by atoms with Gasteiger partial charge in [0, 0.05) is 36.7 Å². The van der Waals surface area contributed by atoms with Gasteiger partial charge in [-0.05, 0) is 73.6 Å². The van der Waals surface area contributed by atoms with Crippen molar-refractivity contribution in [2.45, 2.75) is 13.8 Å². The van der Waals surface area contributed by atoms with Crippen LogP contribution < -0.4 is 5.32 Å². The second-order valence-electron chi connectivity index (χ2n) is 7.26. The number of hydrogen-bond acceptors (Lipinski definition) is 6. The van der Waals surface area contributed by atoms with Crippen LogP contribution in [-0.4, -0.2) is 49.8 Å². The van der Waals surface area contributed by atoms with E-state index in [1.807, 2.05) is 36.7 Å². The van der Waals surface area contributed by atoms with Crippen molar-refractivity contribution >= 4 is 34.9 Å². The molecule has 32 heavy (non-hydrogen) atoms. The maximum Gasteiger partial charge on any atom is 0.293 e. The first-order chi connectivity index (χ1) is 15.4. The van der Waals surface area contributed by atoms with E-state index in [9.17, 15) is 14.4 Å². The molecule has 4 rings (SSSR count). The summed E-state index contributed by atoms with van der Waals surface area (Å²) < 4.78 is 1.82. The minimum absolute atomic E-state index is 0.102. The Hall–Kier alpha value is -3.72.